The Morgan fingerprint density at radius 1 is 1.14 bits per heavy atom. The third-order valence-corrected chi connectivity index (χ3v) is 4.27. The van der Waals surface area contributed by atoms with Crippen molar-refractivity contribution in [1.29, 1.82) is 0 Å². The van der Waals surface area contributed by atoms with Gasteiger partial charge in [0.2, 0.25) is 0 Å². The fourth-order valence-electron chi connectivity index (χ4n) is 2.66. The molecule has 2 N–H and O–H groups in total. The Hall–Kier alpha value is -1.78. The van der Waals surface area contributed by atoms with E-state index in [1.807, 2.05) is 18.3 Å². The zero-order valence-electron chi connectivity index (χ0n) is 12.4. The van der Waals surface area contributed by atoms with Gasteiger partial charge in [-0.05, 0) is 42.2 Å². The highest BCUT2D eigenvalue weighted by Gasteiger charge is 2.12. The Morgan fingerprint density at radius 3 is 2.59 bits per heavy atom. The van der Waals surface area contributed by atoms with Gasteiger partial charge in [-0.2, -0.15) is 0 Å². The first kappa shape index (κ1) is 15.1. The smallest absolute Gasteiger partial charge is 0.128 e. The summed E-state index contributed by atoms with van der Waals surface area (Å²) in [4.78, 5) is 6.86. The number of benzene rings is 1. The molecule has 1 aromatic heterocycles. The standard InChI is InChI=1S/C17H20ClN3O/c18-15-5-3-13(12-22)9-16(15)19-10-14-4-6-17(20-11-14)21-7-1-2-8-21/h3-6,9,11,19,22H,1-2,7-8,10,12H2. The van der Waals surface area contributed by atoms with Crippen LogP contribution in [0.15, 0.2) is 36.5 Å². The SMILES string of the molecule is OCc1ccc(Cl)c(NCc2ccc(N3CCCC3)nc2)c1. The number of aromatic nitrogens is 1. The second-order valence-electron chi connectivity index (χ2n) is 5.54. The topological polar surface area (TPSA) is 48.4 Å². The molecule has 22 heavy (non-hydrogen) atoms. The molecule has 2 heterocycles. The largest absolute Gasteiger partial charge is 0.392 e. The van der Waals surface area contributed by atoms with Crippen LogP contribution in [0.1, 0.15) is 24.0 Å². The van der Waals surface area contributed by atoms with E-state index in [0.717, 1.165) is 35.7 Å². The molecule has 1 fully saturated rings. The zero-order chi connectivity index (χ0) is 15.4. The summed E-state index contributed by atoms with van der Waals surface area (Å²) in [5.74, 6) is 1.06. The molecular weight excluding hydrogens is 298 g/mol. The lowest BCUT2D eigenvalue weighted by Crippen LogP contribution is -2.18. The van der Waals surface area contributed by atoms with Crippen molar-refractivity contribution >= 4 is 23.1 Å². The molecule has 116 valence electrons. The molecule has 1 aliphatic rings. The van der Waals surface area contributed by atoms with E-state index in [4.69, 9.17) is 11.6 Å². The molecule has 0 radical (unpaired) electrons. The number of hydrogen-bond donors (Lipinski definition) is 2. The predicted molar refractivity (Wildman–Crippen MR) is 90.4 cm³/mol. The molecule has 1 saturated heterocycles. The van der Waals surface area contributed by atoms with Crippen LogP contribution in [0.2, 0.25) is 5.02 Å². The number of nitrogens with zero attached hydrogens (tertiary/aromatic N) is 2. The number of halogens is 1. The molecule has 2 aromatic rings. The zero-order valence-corrected chi connectivity index (χ0v) is 13.2. The van der Waals surface area contributed by atoms with Crippen LogP contribution in [0.25, 0.3) is 0 Å². The van der Waals surface area contributed by atoms with Crippen molar-refractivity contribution in [1.82, 2.24) is 4.98 Å². The Morgan fingerprint density at radius 2 is 1.91 bits per heavy atom. The Kier molecular flexibility index (Phi) is 4.80. The summed E-state index contributed by atoms with van der Waals surface area (Å²) in [5.41, 5.74) is 2.78. The van der Waals surface area contributed by atoms with E-state index < -0.39 is 0 Å². The van der Waals surface area contributed by atoms with Crippen molar-refractivity contribution in [3.8, 4) is 0 Å². The fraction of sp³-hybridized carbons (Fsp3) is 0.353. The number of anilines is 2. The normalized spacial score (nSPS) is 14.4. The second-order valence-corrected chi connectivity index (χ2v) is 5.95. The van der Waals surface area contributed by atoms with Gasteiger partial charge >= 0.3 is 0 Å². The van der Waals surface area contributed by atoms with Gasteiger partial charge < -0.3 is 15.3 Å². The number of aliphatic hydroxyl groups excluding tert-OH is 1. The van der Waals surface area contributed by atoms with Gasteiger partial charge in [-0.1, -0.05) is 23.7 Å². The molecule has 0 bridgehead atoms. The molecule has 0 unspecified atom stereocenters. The quantitative estimate of drug-likeness (QED) is 0.887. The summed E-state index contributed by atoms with van der Waals surface area (Å²) < 4.78 is 0. The second kappa shape index (κ2) is 6.99. The highest BCUT2D eigenvalue weighted by atomic mass is 35.5. The van der Waals surface area contributed by atoms with Crippen molar-refractivity contribution in [3.05, 3.63) is 52.7 Å². The van der Waals surface area contributed by atoms with E-state index in [9.17, 15) is 5.11 Å². The summed E-state index contributed by atoms with van der Waals surface area (Å²) in [6, 6.07) is 9.66. The van der Waals surface area contributed by atoms with Crippen LogP contribution in [-0.4, -0.2) is 23.2 Å². The molecule has 5 heteroatoms. The third-order valence-electron chi connectivity index (χ3n) is 3.94. The Labute approximate surface area is 135 Å². The van der Waals surface area contributed by atoms with Crippen LogP contribution in [0.4, 0.5) is 11.5 Å². The summed E-state index contributed by atoms with van der Waals surface area (Å²) in [5, 5.41) is 13.1. The van der Waals surface area contributed by atoms with Crippen LogP contribution in [0, 0.1) is 0 Å². The van der Waals surface area contributed by atoms with Crippen molar-refractivity contribution in [2.24, 2.45) is 0 Å². The van der Waals surface area contributed by atoms with Crippen molar-refractivity contribution in [2.75, 3.05) is 23.3 Å². The molecule has 0 atom stereocenters. The first-order valence-corrected chi connectivity index (χ1v) is 7.97. The Bertz CT molecular complexity index is 624. The van der Waals surface area contributed by atoms with Crippen LogP contribution in [0.3, 0.4) is 0 Å². The summed E-state index contributed by atoms with van der Waals surface area (Å²) >= 11 is 6.16. The van der Waals surface area contributed by atoms with Gasteiger partial charge in [0.1, 0.15) is 5.82 Å². The van der Waals surface area contributed by atoms with Gasteiger partial charge in [-0.25, -0.2) is 4.98 Å². The number of pyridine rings is 1. The van der Waals surface area contributed by atoms with E-state index >= 15 is 0 Å². The lowest BCUT2D eigenvalue weighted by Gasteiger charge is -2.16. The molecule has 1 aliphatic heterocycles. The predicted octanol–water partition coefficient (Wildman–Crippen LogP) is 3.44. The highest BCUT2D eigenvalue weighted by Crippen LogP contribution is 2.24. The molecule has 0 saturated carbocycles. The van der Waals surface area contributed by atoms with Gasteiger partial charge in [0.25, 0.3) is 0 Å². The molecule has 4 nitrogen and oxygen atoms in total. The molecule has 3 rings (SSSR count). The van der Waals surface area contributed by atoms with E-state index in [1.165, 1.54) is 12.8 Å². The van der Waals surface area contributed by atoms with E-state index in [2.05, 4.69) is 27.3 Å². The maximum Gasteiger partial charge on any atom is 0.128 e. The van der Waals surface area contributed by atoms with Crippen molar-refractivity contribution in [3.63, 3.8) is 0 Å². The van der Waals surface area contributed by atoms with Crippen LogP contribution in [-0.2, 0) is 13.2 Å². The maximum atomic E-state index is 9.19. The molecule has 0 aliphatic carbocycles. The summed E-state index contributed by atoms with van der Waals surface area (Å²) in [7, 11) is 0. The van der Waals surface area contributed by atoms with Crippen molar-refractivity contribution in [2.45, 2.75) is 26.0 Å². The lowest BCUT2D eigenvalue weighted by molar-refractivity contribution is 0.282. The van der Waals surface area contributed by atoms with Gasteiger partial charge in [-0.3, -0.25) is 0 Å². The minimum Gasteiger partial charge on any atom is -0.392 e. The minimum absolute atomic E-state index is 0.0118. The summed E-state index contributed by atoms with van der Waals surface area (Å²) in [6.45, 7) is 2.88. The first-order valence-electron chi connectivity index (χ1n) is 7.59. The van der Waals surface area contributed by atoms with E-state index in [1.54, 1.807) is 6.07 Å². The van der Waals surface area contributed by atoms with Gasteiger partial charge in [-0.15, -0.1) is 0 Å². The number of nitrogens with one attached hydrogen (secondary N) is 1. The third kappa shape index (κ3) is 3.51. The van der Waals surface area contributed by atoms with Crippen LogP contribution >= 0.6 is 11.6 Å². The maximum absolute atomic E-state index is 9.19. The number of hydrogen-bond acceptors (Lipinski definition) is 4. The highest BCUT2D eigenvalue weighted by molar-refractivity contribution is 6.33. The molecular formula is C17H20ClN3O. The Balaban J connectivity index is 1.64. The average molecular weight is 318 g/mol. The van der Waals surface area contributed by atoms with Crippen LogP contribution in [0.5, 0.6) is 0 Å². The molecule has 0 spiro atoms. The molecule has 1 aromatic carbocycles. The average Bonchev–Trinajstić information content (AvgIpc) is 3.09. The van der Waals surface area contributed by atoms with E-state index in [-0.39, 0.29) is 6.61 Å². The molecule has 0 amide bonds. The van der Waals surface area contributed by atoms with E-state index in [0.29, 0.717) is 11.6 Å². The van der Waals surface area contributed by atoms with Gasteiger partial charge in [0.15, 0.2) is 0 Å². The fourth-order valence-corrected chi connectivity index (χ4v) is 2.84. The minimum atomic E-state index is 0.0118. The first-order chi connectivity index (χ1) is 10.8. The number of aliphatic hydroxyl groups is 1. The van der Waals surface area contributed by atoms with Gasteiger partial charge in [0.05, 0.1) is 17.3 Å². The van der Waals surface area contributed by atoms with Crippen molar-refractivity contribution < 1.29 is 5.11 Å². The van der Waals surface area contributed by atoms with Crippen LogP contribution < -0.4 is 10.2 Å². The lowest BCUT2D eigenvalue weighted by atomic mass is 10.2. The van der Waals surface area contributed by atoms with Gasteiger partial charge in [0, 0.05) is 25.8 Å². The monoisotopic (exact) mass is 317 g/mol. The summed E-state index contributed by atoms with van der Waals surface area (Å²) in [6.07, 6.45) is 4.42. The number of rotatable bonds is 5.